The van der Waals surface area contributed by atoms with Crippen LogP contribution in [0.1, 0.15) is 39.4 Å². The molecule has 0 saturated heterocycles. The Hall–Kier alpha value is -1.39. The lowest BCUT2D eigenvalue weighted by Gasteiger charge is -2.23. The summed E-state index contributed by atoms with van der Waals surface area (Å²) >= 11 is 0. The molecule has 0 amide bonds. The summed E-state index contributed by atoms with van der Waals surface area (Å²) in [4.78, 5) is 17.4. The highest BCUT2D eigenvalue weighted by molar-refractivity contribution is 5.38. The molecule has 0 aromatic carbocycles. The zero-order valence-electron chi connectivity index (χ0n) is 11.9. The normalized spacial score (nSPS) is 11.1. The van der Waals surface area contributed by atoms with Crippen molar-refractivity contribution in [3.63, 3.8) is 0 Å². The van der Waals surface area contributed by atoms with Gasteiger partial charge in [-0.15, -0.1) is 0 Å². The Labute approximate surface area is 104 Å². The fourth-order valence-electron chi connectivity index (χ4n) is 1.22. The van der Waals surface area contributed by atoms with E-state index in [1.807, 2.05) is 26.0 Å². The van der Waals surface area contributed by atoms with E-state index in [1.54, 1.807) is 0 Å². The van der Waals surface area contributed by atoms with Gasteiger partial charge in [0.2, 0.25) is 11.9 Å². The van der Waals surface area contributed by atoms with Crippen molar-refractivity contribution < 1.29 is 0 Å². The van der Waals surface area contributed by atoms with Crippen LogP contribution in [0, 0.1) is 0 Å². The van der Waals surface area contributed by atoms with Gasteiger partial charge in [-0.2, -0.15) is 15.0 Å². The van der Waals surface area contributed by atoms with E-state index in [0.717, 1.165) is 11.8 Å². The van der Waals surface area contributed by atoms with Gasteiger partial charge < -0.3 is 9.80 Å². The van der Waals surface area contributed by atoms with Crippen molar-refractivity contribution in [2.75, 3.05) is 30.9 Å². The molecule has 0 aliphatic heterocycles. The molecule has 0 aliphatic carbocycles. The minimum absolute atomic E-state index is 0.302. The SMILES string of the molecule is CC(C)c1nc(N(C)C)nc(N(C)C(C)C)n1. The Kier molecular flexibility index (Phi) is 4.26. The molecule has 0 aliphatic rings. The van der Waals surface area contributed by atoms with Gasteiger partial charge in [0.05, 0.1) is 0 Å². The Balaban J connectivity index is 3.21. The smallest absolute Gasteiger partial charge is 0.230 e. The van der Waals surface area contributed by atoms with Crippen molar-refractivity contribution in [3.8, 4) is 0 Å². The molecule has 96 valence electrons. The minimum atomic E-state index is 0.302. The Morgan fingerprint density at radius 1 is 0.824 bits per heavy atom. The van der Waals surface area contributed by atoms with E-state index in [-0.39, 0.29) is 0 Å². The summed E-state index contributed by atoms with van der Waals surface area (Å²) in [7, 11) is 5.89. The Bertz CT molecular complexity index is 347. The summed E-state index contributed by atoms with van der Waals surface area (Å²) in [6.07, 6.45) is 0. The lowest BCUT2D eigenvalue weighted by Crippen LogP contribution is -2.29. The third-order valence-corrected chi connectivity index (χ3v) is 2.64. The molecule has 0 spiro atoms. The minimum Gasteiger partial charge on any atom is -0.347 e. The molecule has 5 heteroatoms. The fraction of sp³-hybridized carbons (Fsp3) is 0.750. The molecule has 1 heterocycles. The summed E-state index contributed by atoms with van der Waals surface area (Å²) < 4.78 is 0. The summed E-state index contributed by atoms with van der Waals surface area (Å²) in [5.74, 6) is 2.59. The number of nitrogens with zero attached hydrogens (tertiary/aromatic N) is 5. The van der Waals surface area contributed by atoms with E-state index in [2.05, 4.69) is 47.5 Å². The van der Waals surface area contributed by atoms with Crippen LogP contribution in [0.2, 0.25) is 0 Å². The lowest BCUT2D eigenvalue weighted by atomic mass is 10.2. The van der Waals surface area contributed by atoms with Gasteiger partial charge in [0.1, 0.15) is 5.82 Å². The van der Waals surface area contributed by atoms with Crippen LogP contribution in [0.15, 0.2) is 0 Å². The zero-order valence-corrected chi connectivity index (χ0v) is 11.9. The van der Waals surface area contributed by atoms with Crippen LogP contribution in [-0.2, 0) is 0 Å². The first-order valence-corrected chi connectivity index (χ1v) is 5.99. The second-order valence-corrected chi connectivity index (χ2v) is 5.05. The van der Waals surface area contributed by atoms with Crippen molar-refractivity contribution in [3.05, 3.63) is 5.82 Å². The Morgan fingerprint density at radius 3 is 1.76 bits per heavy atom. The molecule has 1 aromatic heterocycles. The van der Waals surface area contributed by atoms with Crippen molar-refractivity contribution in [1.29, 1.82) is 0 Å². The van der Waals surface area contributed by atoms with Crippen LogP contribution < -0.4 is 9.80 Å². The molecule has 0 bridgehead atoms. The second-order valence-electron chi connectivity index (χ2n) is 5.05. The standard InChI is InChI=1S/C12H23N5/c1-8(2)10-13-11(16(5)6)15-12(14-10)17(7)9(3)4/h8-9H,1-7H3. The number of aromatic nitrogens is 3. The monoisotopic (exact) mass is 237 g/mol. The van der Waals surface area contributed by atoms with E-state index in [4.69, 9.17) is 0 Å². The van der Waals surface area contributed by atoms with Gasteiger partial charge in [-0.25, -0.2) is 0 Å². The van der Waals surface area contributed by atoms with Gasteiger partial charge in [0, 0.05) is 33.1 Å². The van der Waals surface area contributed by atoms with Crippen LogP contribution in [0.3, 0.4) is 0 Å². The van der Waals surface area contributed by atoms with E-state index >= 15 is 0 Å². The number of hydrogen-bond donors (Lipinski definition) is 0. The molecular formula is C12H23N5. The molecule has 1 rings (SSSR count). The quantitative estimate of drug-likeness (QED) is 0.800. The predicted molar refractivity (Wildman–Crippen MR) is 71.8 cm³/mol. The van der Waals surface area contributed by atoms with E-state index in [1.165, 1.54) is 0 Å². The van der Waals surface area contributed by atoms with Crippen molar-refractivity contribution in [1.82, 2.24) is 15.0 Å². The van der Waals surface area contributed by atoms with Gasteiger partial charge in [-0.1, -0.05) is 13.8 Å². The molecule has 0 saturated carbocycles. The average molecular weight is 237 g/mol. The number of anilines is 2. The van der Waals surface area contributed by atoms with Gasteiger partial charge in [-0.3, -0.25) is 0 Å². The van der Waals surface area contributed by atoms with Crippen LogP contribution in [-0.4, -0.2) is 42.1 Å². The molecule has 1 aromatic rings. The predicted octanol–water partition coefficient (Wildman–Crippen LogP) is 1.91. The maximum atomic E-state index is 4.51. The maximum absolute atomic E-state index is 4.51. The van der Waals surface area contributed by atoms with Crippen LogP contribution in [0.5, 0.6) is 0 Å². The first kappa shape index (κ1) is 13.7. The molecule has 0 unspecified atom stereocenters. The van der Waals surface area contributed by atoms with Gasteiger partial charge in [-0.05, 0) is 13.8 Å². The highest BCUT2D eigenvalue weighted by Gasteiger charge is 2.15. The summed E-state index contributed by atoms with van der Waals surface area (Å²) in [5, 5.41) is 0. The van der Waals surface area contributed by atoms with Crippen LogP contribution >= 0.6 is 0 Å². The van der Waals surface area contributed by atoms with E-state index < -0.39 is 0 Å². The summed E-state index contributed by atoms with van der Waals surface area (Å²) in [6, 6.07) is 0.368. The molecular weight excluding hydrogens is 214 g/mol. The maximum Gasteiger partial charge on any atom is 0.230 e. The third-order valence-electron chi connectivity index (χ3n) is 2.64. The van der Waals surface area contributed by atoms with Crippen molar-refractivity contribution in [2.24, 2.45) is 0 Å². The zero-order chi connectivity index (χ0) is 13.2. The number of rotatable bonds is 4. The molecule has 0 N–H and O–H groups in total. The highest BCUT2D eigenvalue weighted by Crippen LogP contribution is 2.17. The van der Waals surface area contributed by atoms with Gasteiger partial charge in [0.15, 0.2) is 0 Å². The summed E-state index contributed by atoms with van der Waals surface area (Å²) in [6.45, 7) is 8.42. The van der Waals surface area contributed by atoms with Crippen LogP contribution in [0.4, 0.5) is 11.9 Å². The first-order valence-electron chi connectivity index (χ1n) is 5.99. The summed E-state index contributed by atoms with van der Waals surface area (Å²) in [5.41, 5.74) is 0. The van der Waals surface area contributed by atoms with Gasteiger partial charge in [0.25, 0.3) is 0 Å². The molecule has 0 fully saturated rings. The molecule has 17 heavy (non-hydrogen) atoms. The topological polar surface area (TPSA) is 45.2 Å². The largest absolute Gasteiger partial charge is 0.347 e. The van der Waals surface area contributed by atoms with Crippen molar-refractivity contribution >= 4 is 11.9 Å². The van der Waals surface area contributed by atoms with Crippen LogP contribution in [0.25, 0.3) is 0 Å². The highest BCUT2D eigenvalue weighted by atomic mass is 15.3. The second kappa shape index (κ2) is 5.29. The average Bonchev–Trinajstić information content (AvgIpc) is 2.27. The molecule has 0 atom stereocenters. The van der Waals surface area contributed by atoms with Gasteiger partial charge >= 0.3 is 0 Å². The number of hydrogen-bond acceptors (Lipinski definition) is 5. The van der Waals surface area contributed by atoms with E-state index in [9.17, 15) is 0 Å². The third kappa shape index (κ3) is 3.28. The fourth-order valence-corrected chi connectivity index (χ4v) is 1.22. The van der Waals surface area contributed by atoms with Crippen molar-refractivity contribution in [2.45, 2.75) is 39.7 Å². The first-order chi connectivity index (χ1) is 7.82. The molecule has 0 radical (unpaired) electrons. The van der Waals surface area contributed by atoms with E-state index in [0.29, 0.717) is 17.9 Å². The lowest BCUT2D eigenvalue weighted by molar-refractivity contribution is 0.696. The molecule has 5 nitrogen and oxygen atoms in total. The Morgan fingerprint density at radius 2 is 1.35 bits per heavy atom.